The van der Waals surface area contributed by atoms with Crippen molar-refractivity contribution in [2.75, 3.05) is 42.9 Å². The van der Waals surface area contributed by atoms with Gasteiger partial charge in [0.15, 0.2) is 11.0 Å². The van der Waals surface area contributed by atoms with Gasteiger partial charge in [-0.3, -0.25) is 9.88 Å². The number of pyridine rings is 1. The van der Waals surface area contributed by atoms with E-state index in [0.717, 1.165) is 73.7 Å². The minimum atomic E-state index is -0.189. The van der Waals surface area contributed by atoms with E-state index in [1.807, 2.05) is 18.3 Å². The van der Waals surface area contributed by atoms with Gasteiger partial charge in [0.25, 0.3) is 0 Å². The molecule has 150 valence electrons. The number of hydrogen-bond donors (Lipinski definition) is 1. The fraction of sp³-hybridized carbons (Fsp3) is 0.381. The van der Waals surface area contributed by atoms with Crippen LogP contribution in [0.3, 0.4) is 0 Å². The Morgan fingerprint density at radius 3 is 2.76 bits per heavy atom. The number of nitrogens with zero attached hydrogens (tertiary/aromatic N) is 5. The smallest absolute Gasteiger partial charge is 0.151 e. The molecule has 1 N–H and O–H groups in total. The Kier molecular flexibility index (Phi) is 4.93. The summed E-state index contributed by atoms with van der Waals surface area (Å²) in [5.41, 5.74) is 3.71. The number of aryl methyl sites for hydroxylation is 1. The van der Waals surface area contributed by atoms with Gasteiger partial charge in [-0.15, -0.1) is 10.2 Å². The first-order valence-corrected chi connectivity index (χ1v) is 10.4. The molecule has 0 amide bonds. The third kappa shape index (κ3) is 3.72. The maximum atomic E-state index is 15.0. The molecule has 5 rings (SSSR count). The molecule has 2 aliphatic rings. The van der Waals surface area contributed by atoms with Crippen molar-refractivity contribution in [1.82, 2.24) is 20.1 Å². The third-order valence-electron chi connectivity index (χ3n) is 5.70. The number of nitrogens with one attached hydrogen (secondary N) is 1. The van der Waals surface area contributed by atoms with Crippen LogP contribution in [0.1, 0.15) is 17.5 Å². The zero-order valence-corrected chi connectivity index (χ0v) is 16.8. The standard InChI is InChI=1S/C21H22ClFN6/c22-18-3-4-19(27-26-18)29-8-6-28(7-9-29)13-14-10-16(23)20-17(11-14)25-12-15-2-1-5-24-21(15)20/h3-4,10-12,24H,1-2,5-9,13H2. The monoisotopic (exact) mass is 412 g/mol. The number of hydrogen-bond acceptors (Lipinski definition) is 6. The van der Waals surface area contributed by atoms with Crippen molar-refractivity contribution in [1.29, 1.82) is 0 Å². The van der Waals surface area contributed by atoms with Crippen molar-refractivity contribution in [2.45, 2.75) is 19.4 Å². The van der Waals surface area contributed by atoms with Crippen molar-refractivity contribution in [3.05, 3.63) is 52.6 Å². The van der Waals surface area contributed by atoms with Gasteiger partial charge in [0, 0.05) is 45.5 Å². The Balaban J connectivity index is 1.30. The quantitative estimate of drug-likeness (QED) is 0.710. The van der Waals surface area contributed by atoms with Crippen molar-refractivity contribution in [2.24, 2.45) is 0 Å². The predicted molar refractivity (Wildman–Crippen MR) is 113 cm³/mol. The van der Waals surface area contributed by atoms with Crippen molar-refractivity contribution >= 4 is 34.0 Å². The van der Waals surface area contributed by atoms with Crippen LogP contribution in [-0.4, -0.2) is 52.8 Å². The van der Waals surface area contributed by atoms with Gasteiger partial charge in [-0.1, -0.05) is 11.6 Å². The van der Waals surface area contributed by atoms with Crippen LogP contribution >= 0.6 is 11.6 Å². The summed E-state index contributed by atoms with van der Waals surface area (Å²) in [5, 5.41) is 12.4. The first-order chi connectivity index (χ1) is 14.2. The van der Waals surface area contributed by atoms with E-state index < -0.39 is 0 Å². The zero-order valence-electron chi connectivity index (χ0n) is 16.0. The second-order valence-corrected chi connectivity index (χ2v) is 8.03. The summed E-state index contributed by atoms with van der Waals surface area (Å²) in [7, 11) is 0. The van der Waals surface area contributed by atoms with Gasteiger partial charge in [0.1, 0.15) is 5.82 Å². The van der Waals surface area contributed by atoms with E-state index in [-0.39, 0.29) is 5.82 Å². The predicted octanol–water partition coefficient (Wildman–Crippen LogP) is 3.50. The van der Waals surface area contributed by atoms with E-state index in [1.165, 1.54) is 0 Å². The molecule has 4 heterocycles. The molecule has 1 fully saturated rings. The molecule has 2 aliphatic heterocycles. The summed E-state index contributed by atoms with van der Waals surface area (Å²) < 4.78 is 15.0. The molecule has 0 aliphatic carbocycles. The van der Waals surface area contributed by atoms with E-state index in [4.69, 9.17) is 11.6 Å². The van der Waals surface area contributed by atoms with Crippen LogP contribution in [0.5, 0.6) is 0 Å². The van der Waals surface area contributed by atoms with Crippen molar-refractivity contribution in [3.63, 3.8) is 0 Å². The summed E-state index contributed by atoms with van der Waals surface area (Å²) in [6.45, 7) is 5.05. The van der Waals surface area contributed by atoms with Crippen LogP contribution in [0.4, 0.5) is 15.9 Å². The first-order valence-electron chi connectivity index (χ1n) is 9.98. The van der Waals surface area contributed by atoms with Gasteiger partial charge in [0.2, 0.25) is 0 Å². The van der Waals surface area contributed by atoms with E-state index in [2.05, 4.69) is 30.3 Å². The van der Waals surface area contributed by atoms with Crippen LogP contribution in [-0.2, 0) is 13.0 Å². The molecular weight excluding hydrogens is 391 g/mol. The molecule has 1 saturated heterocycles. The molecule has 0 saturated carbocycles. The number of anilines is 2. The van der Waals surface area contributed by atoms with E-state index in [1.54, 1.807) is 12.1 Å². The van der Waals surface area contributed by atoms with Gasteiger partial charge in [-0.25, -0.2) is 4.39 Å². The fourth-order valence-corrected chi connectivity index (χ4v) is 4.32. The van der Waals surface area contributed by atoms with Gasteiger partial charge < -0.3 is 10.2 Å². The average Bonchev–Trinajstić information content (AvgIpc) is 2.74. The van der Waals surface area contributed by atoms with Crippen LogP contribution in [0.2, 0.25) is 5.15 Å². The largest absolute Gasteiger partial charge is 0.384 e. The average molecular weight is 413 g/mol. The molecule has 0 spiro atoms. The summed E-state index contributed by atoms with van der Waals surface area (Å²) in [6.07, 6.45) is 3.90. The molecule has 0 radical (unpaired) electrons. The Morgan fingerprint density at radius 2 is 1.97 bits per heavy atom. The number of piperazine rings is 1. The van der Waals surface area contributed by atoms with Crippen LogP contribution in [0.15, 0.2) is 30.5 Å². The second-order valence-electron chi connectivity index (χ2n) is 7.64. The Morgan fingerprint density at radius 1 is 1.10 bits per heavy atom. The number of aromatic nitrogens is 3. The number of halogens is 2. The lowest BCUT2D eigenvalue weighted by atomic mass is 10.0. The minimum Gasteiger partial charge on any atom is -0.384 e. The highest BCUT2D eigenvalue weighted by Gasteiger charge is 2.20. The maximum absolute atomic E-state index is 15.0. The Labute approximate surface area is 173 Å². The lowest BCUT2D eigenvalue weighted by molar-refractivity contribution is 0.249. The zero-order chi connectivity index (χ0) is 19.8. The molecule has 2 aromatic heterocycles. The molecule has 0 unspecified atom stereocenters. The Hall–Kier alpha value is -2.51. The van der Waals surface area contributed by atoms with Crippen LogP contribution < -0.4 is 10.2 Å². The molecule has 6 nitrogen and oxygen atoms in total. The van der Waals surface area contributed by atoms with Gasteiger partial charge in [-0.05, 0) is 48.2 Å². The number of rotatable bonds is 3. The fourth-order valence-electron chi connectivity index (χ4n) is 4.21. The summed E-state index contributed by atoms with van der Waals surface area (Å²) in [4.78, 5) is 9.06. The molecule has 1 aromatic carbocycles. The molecule has 0 bridgehead atoms. The molecule has 8 heteroatoms. The third-order valence-corrected chi connectivity index (χ3v) is 5.91. The number of benzene rings is 1. The maximum Gasteiger partial charge on any atom is 0.151 e. The van der Waals surface area contributed by atoms with Gasteiger partial charge >= 0.3 is 0 Å². The number of fused-ring (bicyclic) bond motifs is 3. The summed E-state index contributed by atoms with van der Waals surface area (Å²) in [6, 6.07) is 7.34. The molecule has 3 aromatic rings. The first kappa shape index (κ1) is 18.5. The highest BCUT2D eigenvalue weighted by atomic mass is 35.5. The van der Waals surface area contributed by atoms with Gasteiger partial charge in [0.05, 0.1) is 16.6 Å². The summed E-state index contributed by atoms with van der Waals surface area (Å²) in [5.74, 6) is 0.651. The molecule has 29 heavy (non-hydrogen) atoms. The van der Waals surface area contributed by atoms with E-state index >= 15 is 0 Å². The van der Waals surface area contributed by atoms with Crippen LogP contribution in [0, 0.1) is 5.82 Å². The second kappa shape index (κ2) is 7.72. The highest BCUT2D eigenvalue weighted by molar-refractivity contribution is 6.29. The normalized spacial score (nSPS) is 17.2. The van der Waals surface area contributed by atoms with E-state index in [0.29, 0.717) is 17.1 Å². The lowest BCUT2D eigenvalue weighted by Gasteiger charge is -2.35. The minimum absolute atomic E-state index is 0.189. The lowest BCUT2D eigenvalue weighted by Crippen LogP contribution is -2.46. The molecule has 0 atom stereocenters. The SMILES string of the molecule is Fc1cc(CN2CCN(c3ccc(Cl)nn3)CC2)cc2ncc3c(c12)NCCC3. The molecular formula is C21H22ClFN6. The van der Waals surface area contributed by atoms with Crippen molar-refractivity contribution in [3.8, 4) is 0 Å². The van der Waals surface area contributed by atoms with E-state index in [9.17, 15) is 4.39 Å². The Bertz CT molecular complexity index is 1030. The van der Waals surface area contributed by atoms with Crippen LogP contribution in [0.25, 0.3) is 10.9 Å². The topological polar surface area (TPSA) is 57.2 Å². The summed E-state index contributed by atoms with van der Waals surface area (Å²) >= 11 is 5.82. The van der Waals surface area contributed by atoms with Gasteiger partial charge in [-0.2, -0.15) is 0 Å². The van der Waals surface area contributed by atoms with Crippen molar-refractivity contribution < 1.29 is 4.39 Å². The highest BCUT2D eigenvalue weighted by Crippen LogP contribution is 2.32.